The van der Waals surface area contributed by atoms with E-state index in [1.54, 1.807) is 5.56 Å². The van der Waals surface area contributed by atoms with E-state index in [4.69, 9.17) is 0 Å². The maximum absolute atomic E-state index is 2.73. The molecule has 2 aliphatic heterocycles. The summed E-state index contributed by atoms with van der Waals surface area (Å²) in [6.45, 7) is 8.68. The van der Waals surface area contributed by atoms with Crippen LogP contribution >= 0.6 is 11.8 Å². The van der Waals surface area contributed by atoms with Crippen LogP contribution in [-0.4, -0.2) is 30.3 Å². The molecule has 1 aromatic rings. The van der Waals surface area contributed by atoms with E-state index in [0.717, 1.165) is 17.8 Å². The summed E-state index contributed by atoms with van der Waals surface area (Å²) in [5.41, 5.74) is 1.60. The van der Waals surface area contributed by atoms with Gasteiger partial charge in [-0.1, -0.05) is 32.0 Å². The Morgan fingerprint density at radius 1 is 1.20 bits per heavy atom. The lowest BCUT2D eigenvalue weighted by molar-refractivity contribution is 0.262. The summed E-state index contributed by atoms with van der Waals surface area (Å²) < 4.78 is 0. The van der Waals surface area contributed by atoms with Gasteiger partial charge in [0.2, 0.25) is 0 Å². The lowest BCUT2D eigenvalue weighted by atomic mass is 9.89. The van der Waals surface area contributed by atoms with E-state index in [1.165, 1.54) is 49.5 Å². The van der Waals surface area contributed by atoms with Crippen molar-refractivity contribution >= 4 is 11.8 Å². The Balaban J connectivity index is 1.59. The number of benzene rings is 1. The van der Waals surface area contributed by atoms with Gasteiger partial charge in [-0.2, -0.15) is 0 Å². The first-order valence-electron chi connectivity index (χ1n) is 8.18. The molecule has 2 aliphatic rings. The number of hydrogen-bond acceptors (Lipinski definition) is 2. The number of fused-ring (bicyclic) bond motifs is 1. The molecule has 0 spiro atoms. The van der Waals surface area contributed by atoms with Crippen molar-refractivity contribution in [1.82, 2.24) is 4.90 Å². The normalized spacial score (nSPS) is 27.6. The topological polar surface area (TPSA) is 3.24 Å². The van der Waals surface area contributed by atoms with Gasteiger partial charge in [0.05, 0.1) is 0 Å². The van der Waals surface area contributed by atoms with Crippen LogP contribution in [0.1, 0.15) is 44.6 Å². The van der Waals surface area contributed by atoms with Crippen molar-refractivity contribution in [2.24, 2.45) is 11.8 Å². The van der Waals surface area contributed by atoms with Crippen LogP contribution < -0.4 is 0 Å². The Bertz CT molecular complexity index is 443. The van der Waals surface area contributed by atoms with E-state index in [1.807, 2.05) is 11.8 Å². The van der Waals surface area contributed by atoms with Crippen molar-refractivity contribution < 1.29 is 0 Å². The Hall–Kier alpha value is -0.470. The first-order valence-corrected chi connectivity index (χ1v) is 9.16. The van der Waals surface area contributed by atoms with Crippen molar-refractivity contribution in [2.45, 2.75) is 43.9 Å². The molecule has 0 saturated carbocycles. The number of likely N-dealkylation sites (tertiary alicyclic amines) is 1. The van der Waals surface area contributed by atoms with Gasteiger partial charge in [-0.05, 0) is 55.8 Å². The molecule has 1 saturated heterocycles. The van der Waals surface area contributed by atoms with Gasteiger partial charge in [-0.3, -0.25) is 0 Å². The number of nitrogens with zero attached hydrogens (tertiary/aromatic N) is 1. The molecular formula is C18H27NS. The fraction of sp³-hybridized carbons (Fsp3) is 0.667. The van der Waals surface area contributed by atoms with Crippen molar-refractivity contribution in [3.63, 3.8) is 0 Å². The molecule has 0 amide bonds. The second-order valence-corrected chi connectivity index (χ2v) is 7.84. The SMILES string of the molecule is CC(C)C1CCCN(CC2CSc3ccccc32)CC1. The van der Waals surface area contributed by atoms with Crippen LogP contribution in [0, 0.1) is 11.8 Å². The lowest BCUT2D eigenvalue weighted by Gasteiger charge is -2.24. The molecule has 0 aromatic heterocycles. The lowest BCUT2D eigenvalue weighted by Crippen LogP contribution is -2.30. The van der Waals surface area contributed by atoms with Gasteiger partial charge in [0.25, 0.3) is 0 Å². The Morgan fingerprint density at radius 2 is 2.05 bits per heavy atom. The maximum atomic E-state index is 2.73. The van der Waals surface area contributed by atoms with E-state index in [0.29, 0.717) is 0 Å². The summed E-state index contributed by atoms with van der Waals surface area (Å²) in [5.74, 6) is 3.85. The van der Waals surface area contributed by atoms with E-state index in [2.05, 4.69) is 43.0 Å². The minimum atomic E-state index is 0.756. The molecule has 1 aromatic carbocycles. The summed E-state index contributed by atoms with van der Waals surface area (Å²) in [6.07, 6.45) is 4.23. The van der Waals surface area contributed by atoms with Gasteiger partial charge in [-0.15, -0.1) is 11.8 Å². The molecule has 110 valence electrons. The fourth-order valence-electron chi connectivity index (χ4n) is 3.72. The van der Waals surface area contributed by atoms with Crippen LogP contribution in [-0.2, 0) is 0 Å². The summed E-state index contributed by atoms with van der Waals surface area (Å²) in [7, 11) is 0. The summed E-state index contributed by atoms with van der Waals surface area (Å²) in [6, 6.07) is 9.01. The molecule has 3 rings (SSSR count). The van der Waals surface area contributed by atoms with Gasteiger partial charge >= 0.3 is 0 Å². The van der Waals surface area contributed by atoms with E-state index >= 15 is 0 Å². The second kappa shape index (κ2) is 6.53. The summed E-state index contributed by atoms with van der Waals surface area (Å²) in [5, 5.41) is 0. The highest BCUT2D eigenvalue weighted by atomic mass is 32.2. The van der Waals surface area contributed by atoms with Crippen LogP contribution in [0.25, 0.3) is 0 Å². The molecular weight excluding hydrogens is 262 g/mol. The highest BCUT2D eigenvalue weighted by Crippen LogP contribution is 2.40. The zero-order chi connectivity index (χ0) is 13.9. The van der Waals surface area contributed by atoms with Crippen molar-refractivity contribution in [2.75, 3.05) is 25.4 Å². The largest absolute Gasteiger partial charge is 0.303 e. The van der Waals surface area contributed by atoms with Gasteiger partial charge < -0.3 is 4.90 Å². The van der Waals surface area contributed by atoms with Crippen LogP contribution in [0.3, 0.4) is 0 Å². The van der Waals surface area contributed by atoms with Gasteiger partial charge in [0.15, 0.2) is 0 Å². The molecule has 1 fully saturated rings. The Morgan fingerprint density at radius 3 is 2.90 bits per heavy atom. The molecule has 2 heteroatoms. The third-order valence-corrected chi connectivity index (χ3v) is 6.34. The van der Waals surface area contributed by atoms with Gasteiger partial charge in [-0.25, -0.2) is 0 Å². The minimum absolute atomic E-state index is 0.756. The Labute approximate surface area is 128 Å². The number of hydrogen-bond donors (Lipinski definition) is 0. The summed E-state index contributed by atoms with van der Waals surface area (Å²) >= 11 is 2.05. The van der Waals surface area contributed by atoms with Gasteiger partial charge in [0.1, 0.15) is 0 Å². The third kappa shape index (κ3) is 3.23. The average molecular weight is 289 g/mol. The van der Waals surface area contributed by atoms with Crippen LogP contribution in [0.2, 0.25) is 0 Å². The zero-order valence-electron chi connectivity index (χ0n) is 12.8. The average Bonchev–Trinajstić information content (AvgIpc) is 2.69. The molecule has 0 bridgehead atoms. The molecule has 20 heavy (non-hydrogen) atoms. The molecule has 0 aliphatic carbocycles. The monoisotopic (exact) mass is 289 g/mol. The second-order valence-electron chi connectivity index (χ2n) is 6.78. The fourth-order valence-corrected chi connectivity index (χ4v) is 4.96. The molecule has 0 radical (unpaired) electrons. The first-order chi connectivity index (χ1) is 9.74. The van der Waals surface area contributed by atoms with Crippen molar-refractivity contribution in [1.29, 1.82) is 0 Å². The Kier molecular flexibility index (Phi) is 4.72. The summed E-state index contributed by atoms with van der Waals surface area (Å²) in [4.78, 5) is 4.25. The zero-order valence-corrected chi connectivity index (χ0v) is 13.7. The number of rotatable bonds is 3. The van der Waals surface area contributed by atoms with Crippen LogP contribution in [0.15, 0.2) is 29.2 Å². The maximum Gasteiger partial charge on any atom is 0.0108 e. The quantitative estimate of drug-likeness (QED) is 0.798. The van der Waals surface area contributed by atoms with E-state index in [-0.39, 0.29) is 0 Å². The van der Waals surface area contributed by atoms with E-state index < -0.39 is 0 Å². The molecule has 2 unspecified atom stereocenters. The standard InChI is InChI=1S/C18H27NS/c1-14(2)15-6-5-10-19(11-9-15)12-16-13-20-18-8-4-3-7-17(16)18/h3-4,7-8,14-16H,5-6,9-13H2,1-2H3. The molecule has 2 atom stereocenters. The van der Waals surface area contributed by atoms with Crippen LogP contribution in [0.4, 0.5) is 0 Å². The van der Waals surface area contributed by atoms with Crippen molar-refractivity contribution in [3.8, 4) is 0 Å². The predicted molar refractivity (Wildman–Crippen MR) is 88.5 cm³/mol. The van der Waals surface area contributed by atoms with Crippen molar-refractivity contribution in [3.05, 3.63) is 29.8 Å². The molecule has 0 N–H and O–H groups in total. The highest BCUT2D eigenvalue weighted by Gasteiger charge is 2.26. The van der Waals surface area contributed by atoms with Gasteiger partial charge in [0, 0.05) is 23.1 Å². The highest BCUT2D eigenvalue weighted by molar-refractivity contribution is 7.99. The van der Waals surface area contributed by atoms with E-state index in [9.17, 15) is 0 Å². The van der Waals surface area contributed by atoms with Crippen LogP contribution in [0.5, 0.6) is 0 Å². The third-order valence-electron chi connectivity index (χ3n) is 5.09. The molecule has 1 nitrogen and oxygen atoms in total. The predicted octanol–water partition coefficient (Wildman–Crippen LogP) is 4.63. The minimum Gasteiger partial charge on any atom is -0.303 e. The first kappa shape index (κ1) is 14.5. The smallest absolute Gasteiger partial charge is 0.0108 e. The molecule has 2 heterocycles. The number of thioether (sulfide) groups is 1.